The van der Waals surface area contributed by atoms with Crippen molar-refractivity contribution in [3.63, 3.8) is 0 Å². The molecule has 0 aliphatic rings. The molecule has 1 amide bonds. The van der Waals surface area contributed by atoms with Gasteiger partial charge in [-0.2, -0.15) is 0 Å². The molecule has 25 heteroatoms. The van der Waals surface area contributed by atoms with Crippen molar-refractivity contribution in [2.45, 2.75) is 123 Å². The zero-order valence-electron chi connectivity index (χ0n) is 42.2. The molecule has 0 radical (unpaired) electrons. The number of hydrazine groups is 1. The van der Waals surface area contributed by atoms with Gasteiger partial charge in [-0.15, -0.1) is 0 Å². The van der Waals surface area contributed by atoms with Crippen LogP contribution in [0.2, 0.25) is 10.0 Å². The Labute approximate surface area is 483 Å². The topological polar surface area (TPSA) is 282 Å². The van der Waals surface area contributed by atoms with Crippen molar-refractivity contribution in [3.05, 3.63) is 176 Å². The van der Waals surface area contributed by atoms with Crippen molar-refractivity contribution in [2.24, 2.45) is 5.84 Å². The van der Waals surface area contributed by atoms with Crippen LogP contribution in [-0.2, 0) is 45.3 Å². The number of aromatic carboxylic acids is 2. The van der Waals surface area contributed by atoms with Crippen molar-refractivity contribution in [2.75, 3.05) is 15.2 Å². The highest BCUT2D eigenvalue weighted by molar-refractivity contribution is 8.13. The lowest BCUT2D eigenvalue weighted by Crippen LogP contribution is -2.31. The van der Waals surface area contributed by atoms with Crippen LogP contribution in [0, 0.1) is 17.5 Å². The summed E-state index contributed by atoms with van der Waals surface area (Å²) in [6, 6.07) is 25.7. The van der Waals surface area contributed by atoms with Crippen LogP contribution in [0.1, 0.15) is 140 Å². The molecule has 9 N–H and O–H groups in total. The van der Waals surface area contributed by atoms with Crippen molar-refractivity contribution >= 4 is 97.9 Å². The summed E-state index contributed by atoms with van der Waals surface area (Å²) >= 11 is 11.2. The van der Waals surface area contributed by atoms with Gasteiger partial charge in [0.05, 0.1) is 52.8 Å². The fraction of sp³-hybridized carbons (Fsp3) is 0.291. The number of rotatable bonds is 10. The normalized spacial score (nSPS) is 11.2. The van der Waals surface area contributed by atoms with Gasteiger partial charge in [0, 0.05) is 28.5 Å². The third kappa shape index (κ3) is 21.6. The summed E-state index contributed by atoms with van der Waals surface area (Å²) in [5.74, 6) is -0.644. The van der Waals surface area contributed by atoms with Crippen LogP contribution in [0.15, 0.2) is 130 Å². The Morgan fingerprint density at radius 2 is 0.800 bits per heavy atom. The van der Waals surface area contributed by atoms with E-state index in [9.17, 15) is 52.8 Å². The lowest BCUT2D eigenvalue weighted by Gasteiger charge is -2.19. The number of carboxylic acids is 2. The number of hydrogen-bond acceptors (Lipinski definition) is 11. The maximum Gasteiger partial charge on any atom is 0.337 e. The Morgan fingerprint density at radius 1 is 0.487 bits per heavy atom. The second kappa shape index (κ2) is 29.9. The van der Waals surface area contributed by atoms with E-state index >= 15 is 0 Å². The Kier molecular flexibility index (Phi) is 28.3. The van der Waals surface area contributed by atoms with Gasteiger partial charge >= 0.3 is 11.9 Å². The number of carbonyl (C=O) groups is 3. The first-order chi connectivity index (χ1) is 34.7. The van der Waals surface area contributed by atoms with Gasteiger partial charge < -0.3 is 15.9 Å². The van der Waals surface area contributed by atoms with Gasteiger partial charge in [0.25, 0.3) is 35.0 Å². The number of amides is 1. The second-order valence-corrected chi connectivity index (χ2v) is 26.2. The average molecular weight is 1240 g/mol. The summed E-state index contributed by atoms with van der Waals surface area (Å²) < 4.78 is 116. The molecule has 0 heterocycles. The quantitative estimate of drug-likeness (QED) is 0.0221. The summed E-state index contributed by atoms with van der Waals surface area (Å²) in [5.41, 5.74) is 8.34. The van der Waals surface area contributed by atoms with E-state index in [1.54, 1.807) is 36.4 Å². The molecule has 0 aliphatic carbocycles. The van der Waals surface area contributed by atoms with E-state index in [1.165, 1.54) is 36.4 Å². The van der Waals surface area contributed by atoms with Gasteiger partial charge in [-0.25, -0.2) is 53.9 Å². The largest absolute Gasteiger partial charge is 0.478 e. The Hall–Kier alpha value is -6.40. The number of nitrogens with two attached hydrogens (primary N) is 2. The number of nitrogens with one attached hydrogen (secondary N) is 3. The van der Waals surface area contributed by atoms with E-state index in [4.69, 9.17) is 55.7 Å². The first kappa shape index (κ1) is 75.7. The highest BCUT2D eigenvalue weighted by Gasteiger charge is 2.24. The molecule has 442 valence electrons. The lowest BCUT2D eigenvalue weighted by atomic mass is 9.87. The Morgan fingerprint density at radius 3 is 1.09 bits per heavy atom. The maximum atomic E-state index is 13.8. The van der Waals surface area contributed by atoms with Gasteiger partial charge in [-0.05, 0) is 99.7 Å². The minimum atomic E-state index is -4.08. The number of halogens is 6. The molecule has 0 atom stereocenters. The molecule has 0 unspecified atom stereocenters. The van der Waals surface area contributed by atoms with E-state index in [0.717, 1.165) is 59.2 Å². The van der Waals surface area contributed by atoms with Crippen molar-refractivity contribution in [3.8, 4) is 0 Å². The summed E-state index contributed by atoms with van der Waals surface area (Å²) in [6.45, 7) is 18.2. The predicted molar refractivity (Wildman–Crippen MR) is 316 cm³/mol. The number of carbonyl (C=O) groups excluding carboxylic acids is 1. The summed E-state index contributed by atoms with van der Waals surface area (Å²) in [7, 11) is -6.53. The van der Waals surface area contributed by atoms with E-state index in [1.807, 2.05) is 47.0 Å². The van der Waals surface area contributed by atoms with E-state index < -0.39 is 80.7 Å². The van der Waals surface area contributed by atoms with Gasteiger partial charge in [-0.3, -0.25) is 19.7 Å². The summed E-state index contributed by atoms with van der Waals surface area (Å²) in [5, 5.41) is 16.9. The van der Waals surface area contributed by atoms with Crippen LogP contribution in [0.3, 0.4) is 0 Å². The smallest absolute Gasteiger partial charge is 0.337 e. The van der Waals surface area contributed by atoms with Crippen LogP contribution in [-0.4, -0.2) is 53.3 Å². The highest BCUT2D eigenvalue weighted by atomic mass is 35.7. The van der Waals surface area contributed by atoms with E-state index in [2.05, 4.69) is 30.2 Å². The van der Waals surface area contributed by atoms with E-state index in [-0.39, 0.29) is 88.2 Å². The van der Waals surface area contributed by atoms with Crippen molar-refractivity contribution in [1.29, 1.82) is 0 Å². The maximum absolute atomic E-state index is 13.8. The molecule has 0 spiro atoms. The van der Waals surface area contributed by atoms with Crippen LogP contribution in [0.4, 0.5) is 30.2 Å². The van der Waals surface area contributed by atoms with Crippen LogP contribution >= 0.6 is 33.9 Å². The third-order valence-corrected chi connectivity index (χ3v) is 15.2. The number of sulfonamides is 2. The molecule has 80 heavy (non-hydrogen) atoms. The first-order valence-electron chi connectivity index (χ1n) is 22.0. The second-order valence-electron chi connectivity index (χ2n) is 19.4. The molecule has 0 saturated carbocycles. The van der Waals surface area contributed by atoms with Crippen molar-refractivity contribution < 1.29 is 63.0 Å². The molecule has 6 aromatic rings. The van der Waals surface area contributed by atoms with E-state index in [0.29, 0.717) is 0 Å². The van der Waals surface area contributed by atoms with Crippen LogP contribution in [0.5, 0.6) is 0 Å². The third-order valence-electron chi connectivity index (χ3n) is 10.5. The minimum Gasteiger partial charge on any atom is -0.478 e. The minimum absolute atomic E-state index is 0. The number of benzene rings is 6. The summed E-state index contributed by atoms with van der Waals surface area (Å²) in [4.78, 5) is 33.5. The number of carboxylic acid groups (broad SMARTS) is 2. The molecule has 0 saturated heterocycles. The van der Waals surface area contributed by atoms with Gasteiger partial charge in [-0.1, -0.05) is 152 Å². The standard InChI is InChI=1S/C17H19ClFN3O3S.C17H17ClFNO4S.C10H13ClO2S.C7H6FNO2.4CH4/c1-17(2,3)10-4-6-11(7-5-10)26(24,25)22-15-9-14(19)13(18)8-12(15)16(23)21-20;1-17(2,3)10-4-6-11(7-5-10)25(23,24)20-15-9-14(19)13(18)8-12(15)16(21)22;1-10(2,3)8-4-6-9(7-5-8)14(11,12)13;8-4-1-2-5(7(10)11)6(9)3-4;;;;/h4-9,22H,20H2,1-3H3,(H,21,23);4-9,20H,1-3H3,(H,21,22);4-7H,1-3H3;1-3H,9H2,(H,10,11);4*1H4. The van der Waals surface area contributed by atoms with Gasteiger partial charge in [0.15, 0.2) is 0 Å². The zero-order chi connectivity index (χ0) is 58.1. The Balaban J connectivity index is 0. The predicted octanol–water partition coefficient (Wildman–Crippen LogP) is 14.0. The molecule has 0 bridgehead atoms. The highest BCUT2D eigenvalue weighted by Crippen LogP contribution is 2.31. The Bertz CT molecular complexity index is 3450. The first-order valence-corrected chi connectivity index (χ1v) is 28.0. The molecule has 6 rings (SSSR count). The lowest BCUT2D eigenvalue weighted by molar-refractivity contribution is 0.0687. The van der Waals surface area contributed by atoms with Crippen molar-refractivity contribution in [1.82, 2.24) is 5.43 Å². The number of hydrogen-bond donors (Lipinski definition) is 7. The number of anilines is 3. The molecule has 6 aromatic carbocycles. The van der Waals surface area contributed by atoms with Gasteiger partial charge in [0.1, 0.15) is 17.5 Å². The number of nitrogen functional groups attached to an aromatic ring is 2. The molecular weight excluding hydrogens is 1170 g/mol. The molecule has 0 aromatic heterocycles. The fourth-order valence-corrected chi connectivity index (χ4v) is 9.46. The van der Waals surface area contributed by atoms with Crippen LogP contribution in [0.25, 0.3) is 0 Å². The molecule has 0 fully saturated rings. The fourth-order valence-electron chi connectivity index (χ4n) is 6.23. The summed E-state index contributed by atoms with van der Waals surface area (Å²) in [6.07, 6.45) is 0. The van der Waals surface area contributed by atoms with Crippen LogP contribution < -0.4 is 26.4 Å². The molecule has 0 aliphatic heterocycles. The van der Waals surface area contributed by atoms with Gasteiger partial charge in [0.2, 0.25) is 0 Å². The SMILES string of the molecule is C.C.C.C.CC(C)(C)c1ccc(S(=O)(=O)Cl)cc1.CC(C)(C)c1ccc(S(=O)(=O)Nc2cc(F)c(Cl)cc2C(=O)NN)cc1.CC(C)(C)c1ccc(S(=O)(=O)Nc2cc(F)c(Cl)cc2C(=O)O)cc1.Nc1cc(F)ccc1C(=O)O. The monoisotopic (exact) mass is 1240 g/mol. The molecule has 16 nitrogen and oxygen atoms in total. The average Bonchev–Trinajstić information content (AvgIpc) is 3.30. The molecular formula is C55H71Cl3F3N5O11S3. The zero-order valence-corrected chi connectivity index (χ0v) is 46.9.